The molecule has 1 fully saturated rings. The van der Waals surface area contributed by atoms with Crippen molar-refractivity contribution in [3.8, 4) is 0 Å². The van der Waals surface area contributed by atoms with Gasteiger partial charge in [-0.15, -0.1) is 0 Å². The van der Waals surface area contributed by atoms with Crippen molar-refractivity contribution < 1.29 is 9.90 Å². The minimum absolute atomic E-state index is 0.0391. The Bertz CT molecular complexity index is 220. The van der Waals surface area contributed by atoms with Gasteiger partial charge >= 0.3 is 0 Å². The van der Waals surface area contributed by atoms with E-state index in [1.165, 1.54) is 0 Å². The van der Waals surface area contributed by atoms with Crippen molar-refractivity contribution in [3.05, 3.63) is 0 Å². The van der Waals surface area contributed by atoms with Gasteiger partial charge in [0.2, 0.25) is 5.91 Å². The van der Waals surface area contributed by atoms with Gasteiger partial charge in [-0.3, -0.25) is 4.79 Å². The molecule has 3 heteroatoms. The van der Waals surface area contributed by atoms with Gasteiger partial charge in [0.25, 0.3) is 0 Å². The van der Waals surface area contributed by atoms with Crippen LogP contribution in [0.3, 0.4) is 0 Å². The van der Waals surface area contributed by atoms with E-state index in [0.717, 1.165) is 19.3 Å². The first-order valence-electron chi connectivity index (χ1n) is 5.82. The fourth-order valence-corrected chi connectivity index (χ4v) is 2.18. The molecule has 1 aliphatic rings. The highest BCUT2D eigenvalue weighted by Crippen LogP contribution is 2.26. The summed E-state index contributed by atoms with van der Waals surface area (Å²) in [7, 11) is 0. The highest BCUT2D eigenvalue weighted by atomic mass is 16.3. The average molecular weight is 213 g/mol. The van der Waals surface area contributed by atoms with Gasteiger partial charge in [-0.25, -0.2) is 0 Å². The Hall–Kier alpha value is -0.570. The van der Waals surface area contributed by atoms with Crippen LogP contribution in [0.4, 0.5) is 0 Å². The molecule has 0 aromatic carbocycles. The van der Waals surface area contributed by atoms with Crippen LogP contribution in [-0.4, -0.2) is 23.7 Å². The molecule has 88 valence electrons. The van der Waals surface area contributed by atoms with Gasteiger partial charge < -0.3 is 10.4 Å². The Morgan fingerprint density at radius 2 is 2.07 bits per heavy atom. The number of aliphatic hydroxyl groups excluding tert-OH is 1. The van der Waals surface area contributed by atoms with Gasteiger partial charge in [0.15, 0.2) is 0 Å². The highest BCUT2D eigenvalue weighted by Gasteiger charge is 2.28. The molecule has 0 saturated heterocycles. The normalized spacial score (nSPS) is 26.7. The summed E-state index contributed by atoms with van der Waals surface area (Å²) in [5, 5.41) is 12.2. The predicted molar refractivity (Wildman–Crippen MR) is 60.4 cm³/mol. The number of hydrogen-bond donors (Lipinski definition) is 2. The molecule has 0 aliphatic heterocycles. The quantitative estimate of drug-likeness (QED) is 0.749. The lowest BCUT2D eigenvalue weighted by Crippen LogP contribution is -2.39. The summed E-state index contributed by atoms with van der Waals surface area (Å²) in [6.45, 7) is 6.38. The van der Waals surface area contributed by atoms with E-state index in [9.17, 15) is 4.79 Å². The third kappa shape index (κ3) is 4.20. The number of amides is 1. The number of carbonyl (C=O) groups excluding carboxylic acids is 1. The molecule has 1 aliphatic carbocycles. The van der Waals surface area contributed by atoms with Crippen molar-refractivity contribution in [2.75, 3.05) is 6.61 Å². The van der Waals surface area contributed by atoms with Crippen molar-refractivity contribution in [3.63, 3.8) is 0 Å². The summed E-state index contributed by atoms with van der Waals surface area (Å²) >= 11 is 0. The van der Waals surface area contributed by atoms with Crippen LogP contribution in [0.2, 0.25) is 0 Å². The zero-order chi connectivity index (χ0) is 11.5. The van der Waals surface area contributed by atoms with Gasteiger partial charge in [0.05, 0.1) is 0 Å². The topological polar surface area (TPSA) is 49.3 Å². The van der Waals surface area contributed by atoms with Gasteiger partial charge in [0, 0.05) is 25.0 Å². The van der Waals surface area contributed by atoms with Crippen LogP contribution in [0.5, 0.6) is 0 Å². The van der Waals surface area contributed by atoms with E-state index in [2.05, 4.69) is 26.1 Å². The molecular formula is C12H23NO2. The first-order valence-corrected chi connectivity index (χ1v) is 5.82. The summed E-state index contributed by atoms with van der Waals surface area (Å²) < 4.78 is 0. The number of nitrogens with one attached hydrogen (secondary N) is 1. The second kappa shape index (κ2) is 4.97. The van der Waals surface area contributed by atoms with E-state index in [0.29, 0.717) is 6.42 Å². The van der Waals surface area contributed by atoms with Crippen LogP contribution in [-0.2, 0) is 4.79 Å². The molecule has 0 radical (unpaired) electrons. The molecule has 0 bridgehead atoms. The van der Waals surface area contributed by atoms with E-state index in [4.69, 9.17) is 5.11 Å². The van der Waals surface area contributed by atoms with Gasteiger partial charge in [-0.2, -0.15) is 0 Å². The van der Waals surface area contributed by atoms with Crippen molar-refractivity contribution in [2.45, 2.75) is 52.5 Å². The van der Waals surface area contributed by atoms with Crippen LogP contribution in [0.1, 0.15) is 46.5 Å². The first kappa shape index (κ1) is 12.5. The molecule has 0 heterocycles. The zero-order valence-corrected chi connectivity index (χ0v) is 10.0. The summed E-state index contributed by atoms with van der Waals surface area (Å²) in [6, 6.07) is 0.199. The van der Waals surface area contributed by atoms with E-state index in [1.54, 1.807) is 0 Å². The van der Waals surface area contributed by atoms with E-state index in [-0.39, 0.29) is 29.9 Å². The number of hydrogen-bond acceptors (Lipinski definition) is 2. The fraction of sp³-hybridized carbons (Fsp3) is 0.917. The second-order valence-corrected chi connectivity index (χ2v) is 5.79. The van der Waals surface area contributed by atoms with Crippen LogP contribution < -0.4 is 5.32 Å². The third-order valence-corrected chi connectivity index (χ3v) is 2.93. The van der Waals surface area contributed by atoms with Crippen molar-refractivity contribution in [1.29, 1.82) is 0 Å². The monoisotopic (exact) mass is 213 g/mol. The molecule has 2 atom stereocenters. The van der Waals surface area contributed by atoms with Crippen LogP contribution >= 0.6 is 0 Å². The average Bonchev–Trinajstić information content (AvgIpc) is 2.48. The Morgan fingerprint density at radius 1 is 1.40 bits per heavy atom. The van der Waals surface area contributed by atoms with E-state index in [1.807, 2.05) is 0 Å². The fourth-order valence-electron chi connectivity index (χ4n) is 2.18. The molecule has 0 aromatic heterocycles. The Morgan fingerprint density at radius 3 is 2.60 bits per heavy atom. The van der Waals surface area contributed by atoms with Crippen LogP contribution in [0.25, 0.3) is 0 Å². The standard InChI is InChI=1S/C12H23NO2/c1-12(2,3)7-11(15)13-10-6-4-5-9(10)8-14/h9-10,14H,4-8H2,1-3H3,(H,13,15). The molecule has 2 unspecified atom stereocenters. The highest BCUT2D eigenvalue weighted by molar-refractivity contribution is 5.76. The first-order chi connectivity index (χ1) is 6.92. The molecule has 2 N–H and O–H groups in total. The minimum atomic E-state index is 0.0391. The molecule has 3 nitrogen and oxygen atoms in total. The SMILES string of the molecule is CC(C)(C)CC(=O)NC1CCCC1CO. The molecule has 15 heavy (non-hydrogen) atoms. The van der Waals surface area contributed by atoms with Gasteiger partial charge in [0.1, 0.15) is 0 Å². The summed E-state index contributed by atoms with van der Waals surface area (Å²) in [5.41, 5.74) is 0.0391. The van der Waals surface area contributed by atoms with Crippen molar-refractivity contribution in [1.82, 2.24) is 5.32 Å². The molecule has 0 aromatic rings. The minimum Gasteiger partial charge on any atom is -0.396 e. The van der Waals surface area contributed by atoms with Crippen molar-refractivity contribution in [2.24, 2.45) is 11.3 Å². The van der Waals surface area contributed by atoms with Gasteiger partial charge in [-0.1, -0.05) is 27.2 Å². The lowest BCUT2D eigenvalue weighted by molar-refractivity contribution is -0.123. The molecule has 1 rings (SSSR count). The third-order valence-electron chi connectivity index (χ3n) is 2.93. The largest absolute Gasteiger partial charge is 0.396 e. The maximum absolute atomic E-state index is 11.7. The summed E-state index contributed by atoms with van der Waals surface area (Å²) in [4.78, 5) is 11.7. The Labute approximate surface area is 92.3 Å². The predicted octanol–water partition coefficient (Wildman–Crippen LogP) is 1.70. The van der Waals surface area contributed by atoms with Gasteiger partial charge in [-0.05, 0) is 18.3 Å². The molecule has 1 amide bonds. The van der Waals surface area contributed by atoms with Crippen LogP contribution in [0.15, 0.2) is 0 Å². The lowest BCUT2D eigenvalue weighted by Gasteiger charge is -2.22. The molecule has 0 spiro atoms. The number of carbonyl (C=O) groups is 1. The summed E-state index contributed by atoms with van der Waals surface area (Å²) in [5.74, 6) is 0.391. The zero-order valence-electron chi connectivity index (χ0n) is 10.0. The number of rotatable bonds is 3. The molecular weight excluding hydrogens is 190 g/mol. The van der Waals surface area contributed by atoms with Crippen molar-refractivity contribution >= 4 is 5.91 Å². The molecule has 1 saturated carbocycles. The summed E-state index contributed by atoms with van der Waals surface area (Å²) in [6.07, 6.45) is 3.73. The Kier molecular flexibility index (Phi) is 4.14. The second-order valence-electron chi connectivity index (χ2n) is 5.79. The van der Waals surface area contributed by atoms with E-state index < -0.39 is 0 Å². The maximum Gasteiger partial charge on any atom is 0.220 e. The lowest BCUT2D eigenvalue weighted by atomic mass is 9.91. The Balaban J connectivity index is 2.37. The maximum atomic E-state index is 11.7. The van der Waals surface area contributed by atoms with E-state index >= 15 is 0 Å². The smallest absolute Gasteiger partial charge is 0.220 e. The number of aliphatic hydroxyl groups is 1. The van der Waals surface area contributed by atoms with Crippen LogP contribution in [0, 0.1) is 11.3 Å².